The first-order chi connectivity index (χ1) is 9.07. The Morgan fingerprint density at radius 3 is 2.74 bits per heavy atom. The number of halogens is 1. The average molecular weight is 285 g/mol. The maximum absolute atomic E-state index is 13.4. The Morgan fingerprint density at radius 1 is 1.26 bits per heavy atom. The number of hydrogen-bond donors (Lipinski definition) is 1. The molecule has 19 heavy (non-hydrogen) atoms. The van der Waals surface area contributed by atoms with Gasteiger partial charge in [0.1, 0.15) is 5.82 Å². The summed E-state index contributed by atoms with van der Waals surface area (Å²) in [5.41, 5.74) is 0.475. The van der Waals surface area contributed by atoms with Crippen molar-refractivity contribution in [2.75, 3.05) is 18.1 Å². The third-order valence-electron chi connectivity index (χ3n) is 3.51. The molecule has 0 bridgehead atoms. The zero-order valence-corrected chi connectivity index (χ0v) is 11.8. The summed E-state index contributed by atoms with van der Waals surface area (Å²) < 4.78 is 37.5. The van der Waals surface area contributed by atoms with E-state index in [-0.39, 0.29) is 29.8 Å². The van der Waals surface area contributed by atoms with Crippen LogP contribution in [-0.2, 0) is 16.3 Å². The number of aryl methyl sites for hydroxylation is 1. The lowest BCUT2D eigenvalue weighted by Gasteiger charge is -2.23. The fourth-order valence-corrected chi connectivity index (χ4v) is 4.02. The number of rotatable bonds is 5. The third-order valence-corrected chi connectivity index (χ3v) is 5.24. The molecular formula is C14H20FNO2S. The molecule has 1 atom stereocenters. The van der Waals surface area contributed by atoms with E-state index in [1.165, 1.54) is 6.07 Å². The van der Waals surface area contributed by atoms with Crippen LogP contribution in [-0.4, -0.2) is 32.5 Å². The highest BCUT2D eigenvalue weighted by Gasteiger charge is 2.21. The van der Waals surface area contributed by atoms with Gasteiger partial charge in [-0.05, 0) is 37.4 Å². The summed E-state index contributed by atoms with van der Waals surface area (Å²) in [6.45, 7) is 0.896. The van der Waals surface area contributed by atoms with Crippen molar-refractivity contribution in [1.82, 2.24) is 5.32 Å². The van der Waals surface area contributed by atoms with Crippen molar-refractivity contribution in [3.63, 3.8) is 0 Å². The normalized spacial score (nSPS) is 20.4. The molecule has 2 rings (SSSR count). The van der Waals surface area contributed by atoms with Crippen molar-refractivity contribution in [2.45, 2.75) is 31.7 Å². The molecule has 1 aliphatic rings. The van der Waals surface area contributed by atoms with Crippen LogP contribution in [0.25, 0.3) is 0 Å². The van der Waals surface area contributed by atoms with E-state index in [9.17, 15) is 12.8 Å². The highest BCUT2D eigenvalue weighted by Crippen LogP contribution is 2.12. The zero-order chi connectivity index (χ0) is 13.7. The summed E-state index contributed by atoms with van der Waals surface area (Å²) in [5.74, 6) is -0.137. The van der Waals surface area contributed by atoms with Gasteiger partial charge in [-0.15, -0.1) is 0 Å². The van der Waals surface area contributed by atoms with E-state index >= 15 is 0 Å². The molecule has 1 aromatic carbocycles. The van der Waals surface area contributed by atoms with Gasteiger partial charge in [0.2, 0.25) is 0 Å². The van der Waals surface area contributed by atoms with Crippen molar-refractivity contribution in [3.05, 3.63) is 35.6 Å². The second-order valence-electron chi connectivity index (χ2n) is 5.10. The van der Waals surface area contributed by atoms with E-state index in [0.717, 1.165) is 25.8 Å². The topological polar surface area (TPSA) is 46.2 Å². The van der Waals surface area contributed by atoms with Crippen LogP contribution in [0.5, 0.6) is 0 Å². The molecule has 1 heterocycles. The molecule has 3 nitrogen and oxygen atoms in total. The van der Waals surface area contributed by atoms with Crippen LogP contribution >= 0.6 is 0 Å². The quantitative estimate of drug-likeness (QED) is 0.899. The van der Waals surface area contributed by atoms with Gasteiger partial charge in [-0.1, -0.05) is 24.6 Å². The summed E-state index contributed by atoms with van der Waals surface area (Å²) >= 11 is 0. The molecule has 1 fully saturated rings. The molecule has 106 valence electrons. The second-order valence-corrected chi connectivity index (χ2v) is 7.33. The highest BCUT2D eigenvalue weighted by molar-refractivity contribution is 7.91. The summed E-state index contributed by atoms with van der Waals surface area (Å²) in [5, 5.41) is 3.23. The second kappa shape index (κ2) is 6.48. The van der Waals surface area contributed by atoms with Crippen molar-refractivity contribution in [1.29, 1.82) is 0 Å². The zero-order valence-electron chi connectivity index (χ0n) is 10.9. The van der Waals surface area contributed by atoms with Gasteiger partial charge in [-0.25, -0.2) is 12.8 Å². The minimum atomic E-state index is -3.13. The molecule has 5 heteroatoms. The van der Waals surface area contributed by atoms with Gasteiger partial charge >= 0.3 is 0 Å². The van der Waals surface area contributed by atoms with Crippen LogP contribution in [0.1, 0.15) is 24.8 Å². The van der Waals surface area contributed by atoms with Crippen LogP contribution < -0.4 is 5.32 Å². The summed E-state index contributed by atoms with van der Waals surface area (Å²) in [7, 11) is -3.13. The van der Waals surface area contributed by atoms with Gasteiger partial charge in [0.15, 0.2) is 9.84 Å². The lowest BCUT2D eigenvalue weighted by atomic mass is 10.1. The predicted molar refractivity (Wildman–Crippen MR) is 74.4 cm³/mol. The lowest BCUT2D eigenvalue weighted by Crippen LogP contribution is -2.40. The maximum atomic E-state index is 13.4. The van der Waals surface area contributed by atoms with Gasteiger partial charge in [0.05, 0.1) is 11.5 Å². The fourth-order valence-electron chi connectivity index (χ4n) is 2.42. The van der Waals surface area contributed by atoms with Crippen molar-refractivity contribution in [2.24, 2.45) is 0 Å². The first-order valence-electron chi connectivity index (χ1n) is 6.74. The van der Waals surface area contributed by atoms with Gasteiger partial charge in [0, 0.05) is 6.04 Å². The lowest BCUT2D eigenvalue weighted by molar-refractivity contribution is 0.423. The number of hydrogen-bond acceptors (Lipinski definition) is 3. The smallest absolute Gasteiger partial charge is 0.152 e. The standard InChI is InChI=1S/C14H20FNO2S/c15-14-7-2-1-5-12(14)8-10-19(17,18)11-13-6-3-4-9-16-13/h1-2,5,7,13,16H,3-4,6,8-11H2. The number of nitrogens with one attached hydrogen (secondary N) is 1. The minimum Gasteiger partial charge on any atom is -0.313 e. The maximum Gasteiger partial charge on any atom is 0.152 e. The molecule has 0 aliphatic carbocycles. The summed E-state index contributed by atoms with van der Waals surface area (Å²) in [6, 6.07) is 6.42. The Bertz CT molecular complexity index is 510. The molecule has 1 aliphatic heterocycles. The third kappa shape index (κ3) is 4.58. The van der Waals surface area contributed by atoms with E-state index < -0.39 is 9.84 Å². The highest BCUT2D eigenvalue weighted by atomic mass is 32.2. The molecule has 1 aromatic rings. The molecular weight excluding hydrogens is 265 g/mol. The molecule has 0 aromatic heterocycles. The molecule has 1 saturated heterocycles. The van der Waals surface area contributed by atoms with E-state index in [0.29, 0.717) is 5.56 Å². The molecule has 0 amide bonds. The van der Waals surface area contributed by atoms with Crippen LogP contribution in [0.3, 0.4) is 0 Å². The van der Waals surface area contributed by atoms with Gasteiger partial charge in [-0.2, -0.15) is 0 Å². The van der Waals surface area contributed by atoms with Crippen molar-refractivity contribution in [3.8, 4) is 0 Å². The van der Waals surface area contributed by atoms with E-state index in [2.05, 4.69) is 5.32 Å². The molecule has 1 unspecified atom stereocenters. The van der Waals surface area contributed by atoms with Crippen LogP contribution in [0.2, 0.25) is 0 Å². The molecule has 1 N–H and O–H groups in total. The monoisotopic (exact) mass is 285 g/mol. The first kappa shape index (κ1) is 14.5. The molecule has 0 radical (unpaired) electrons. The Balaban J connectivity index is 1.88. The van der Waals surface area contributed by atoms with Gasteiger partial charge in [0.25, 0.3) is 0 Å². The molecule has 0 saturated carbocycles. The number of benzene rings is 1. The number of piperidine rings is 1. The number of sulfone groups is 1. The van der Waals surface area contributed by atoms with E-state index in [4.69, 9.17) is 0 Å². The SMILES string of the molecule is O=S(=O)(CCc1ccccc1F)CC1CCCCN1. The average Bonchev–Trinajstić information content (AvgIpc) is 2.38. The Kier molecular flexibility index (Phi) is 4.93. The fraction of sp³-hybridized carbons (Fsp3) is 0.571. The van der Waals surface area contributed by atoms with Gasteiger partial charge < -0.3 is 5.32 Å². The van der Waals surface area contributed by atoms with Gasteiger partial charge in [-0.3, -0.25) is 0 Å². The minimum absolute atomic E-state index is 0.0200. The summed E-state index contributed by atoms with van der Waals surface area (Å²) in [4.78, 5) is 0. The largest absolute Gasteiger partial charge is 0.313 e. The first-order valence-corrected chi connectivity index (χ1v) is 8.56. The Hall–Kier alpha value is -0.940. The molecule has 0 spiro atoms. The van der Waals surface area contributed by atoms with E-state index in [1.807, 2.05) is 0 Å². The van der Waals surface area contributed by atoms with Crippen LogP contribution in [0.15, 0.2) is 24.3 Å². The summed E-state index contributed by atoms with van der Waals surface area (Å²) in [6.07, 6.45) is 3.37. The van der Waals surface area contributed by atoms with Crippen LogP contribution in [0, 0.1) is 5.82 Å². The van der Waals surface area contributed by atoms with Crippen molar-refractivity contribution < 1.29 is 12.8 Å². The van der Waals surface area contributed by atoms with Crippen molar-refractivity contribution >= 4 is 9.84 Å². The Labute approximate surface area is 114 Å². The predicted octanol–water partition coefficient (Wildman–Crippen LogP) is 1.93. The van der Waals surface area contributed by atoms with E-state index in [1.54, 1.807) is 18.2 Å². The van der Waals surface area contributed by atoms with Crippen LogP contribution in [0.4, 0.5) is 4.39 Å². The Morgan fingerprint density at radius 2 is 2.05 bits per heavy atom.